The summed E-state index contributed by atoms with van der Waals surface area (Å²) in [5.74, 6) is 3.03. The predicted octanol–water partition coefficient (Wildman–Crippen LogP) is -0.489. The highest BCUT2D eigenvalue weighted by Gasteiger charge is 2.26. The minimum absolute atomic E-state index is 0.247. The van der Waals surface area contributed by atoms with Gasteiger partial charge in [0.25, 0.3) is 0 Å². The Morgan fingerprint density at radius 2 is 2.17 bits per heavy atom. The zero-order valence-electron chi connectivity index (χ0n) is 7.11. The molecule has 2 N–H and O–H groups in total. The lowest BCUT2D eigenvalue weighted by Crippen LogP contribution is -2.38. The molecular formula is C7H16NO2S2+. The number of aliphatic hydroxyl groups is 2. The molecular weight excluding hydrogens is 194 g/mol. The third-order valence-electron chi connectivity index (χ3n) is 1.69. The van der Waals surface area contributed by atoms with E-state index in [1.807, 2.05) is 11.8 Å². The highest BCUT2D eigenvalue weighted by atomic mass is 32.2. The summed E-state index contributed by atoms with van der Waals surface area (Å²) >= 11 is 1.91. The second kappa shape index (κ2) is 6.10. The molecule has 1 atom stereocenters. The topological polar surface area (TPSA) is 43.7 Å². The Morgan fingerprint density at radius 1 is 1.33 bits per heavy atom. The molecule has 0 aromatic rings. The van der Waals surface area contributed by atoms with Crippen LogP contribution in [0.1, 0.15) is 0 Å². The van der Waals surface area contributed by atoms with Crippen molar-refractivity contribution in [3.05, 3.63) is 0 Å². The van der Waals surface area contributed by atoms with E-state index in [0.29, 0.717) is 17.5 Å². The molecule has 72 valence electrons. The van der Waals surface area contributed by atoms with Gasteiger partial charge in [0, 0.05) is 17.4 Å². The van der Waals surface area contributed by atoms with Crippen molar-refractivity contribution in [3.8, 4) is 0 Å². The summed E-state index contributed by atoms with van der Waals surface area (Å²) in [6.45, 7) is 1.33. The first-order chi connectivity index (χ1) is 5.86. The standard InChI is InChI=1S/C7H16NO2S2/c9-2-1-8-5-11-7-12(6-8)4-3-10/h9-10H,1-7H2/q+1. The van der Waals surface area contributed by atoms with Gasteiger partial charge < -0.3 is 10.2 Å². The Kier molecular flexibility index (Phi) is 5.42. The first-order valence-corrected chi connectivity index (χ1v) is 6.91. The first-order valence-electron chi connectivity index (χ1n) is 4.02. The van der Waals surface area contributed by atoms with Gasteiger partial charge in [0.15, 0.2) is 11.0 Å². The maximum Gasteiger partial charge on any atom is 0.163 e. The molecule has 0 amide bonds. The molecule has 3 nitrogen and oxygen atoms in total. The Labute approximate surface area is 80.5 Å². The summed E-state index contributed by atoms with van der Waals surface area (Å²) in [6, 6.07) is 0. The lowest BCUT2D eigenvalue weighted by molar-refractivity contribution is 0.233. The maximum atomic E-state index is 8.76. The third kappa shape index (κ3) is 3.53. The fourth-order valence-electron chi connectivity index (χ4n) is 1.14. The van der Waals surface area contributed by atoms with Crippen LogP contribution in [0.3, 0.4) is 0 Å². The molecule has 0 saturated carbocycles. The second-order valence-corrected chi connectivity index (χ2v) is 6.24. The molecule has 12 heavy (non-hydrogen) atoms. The Balaban J connectivity index is 2.20. The van der Waals surface area contributed by atoms with Crippen molar-refractivity contribution in [2.75, 3.05) is 42.3 Å². The lowest BCUT2D eigenvalue weighted by atomic mass is 10.6. The summed E-state index contributed by atoms with van der Waals surface area (Å²) < 4.78 is 0. The van der Waals surface area contributed by atoms with Crippen molar-refractivity contribution < 1.29 is 10.2 Å². The largest absolute Gasteiger partial charge is 0.395 e. The summed E-state index contributed by atoms with van der Waals surface area (Å²) in [5, 5.41) is 18.7. The van der Waals surface area contributed by atoms with E-state index in [4.69, 9.17) is 10.2 Å². The molecule has 1 aliphatic heterocycles. The van der Waals surface area contributed by atoms with Crippen LogP contribution in [0.15, 0.2) is 0 Å². The summed E-state index contributed by atoms with van der Waals surface area (Å²) in [7, 11) is 0.352. The molecule has 0 spiro atoms. The fraction of sp³-hybridized carbons (Fsp3) is 1.00. The molecule has 1 saturated heterocycles. The molecule has 0 aliphatic carbocycles. The monoisotopic (exact) mass is 210 g/mol. The molecule has 1 aliphatic rings. The molecule has 1 rings (SSSR count). The number of nitrogens with zero attached hydrogens (tertiary/aromatic N) is 1. The van der Waals surface area contributed by atoms with Crippen LogP contribution in [-0.4, -0.2) is 57.5 Å². The number of aliphatic hydroxyl groups excluding tert-OH is 2. The minimum atomic E-state index is 0.247. The van der Waals surface area contributed by atoms with Crippen LogP contribution in [0.5, 0.6) is 0 Å². The van der Waals surface area contributed by atoms with Crippen LogP contribution in [0.2, 0.25) is 0 Å². The fourth-order valence-corrected chi connectivity index (χ4v) is 4.87. The Morgan fingerprint density at radius 3 is 2.83 bits per heavy atom. The number of thioether (sulfide) groups is 1. The van der Waals surface area contributed by atoms with Gasteiger partial charge in [-0.1, -0.05) is 11.8 Å². The van der Waals surface area contributed by atoms with Gasteiger partial charge in [-0.2, -0.15) is 0 Å². The van der Waals surface area contributed by atoms with Crippen LogP contribution in [0.4, 0.5) is 0 Å². The van der Waals surface area contributed by atoms with Gasteiger partial charge >= 0.3 is 0 Å². The summed E-state index contributed by atoms with van der Waals surface area (Å²) in [4.78, 5) is 2.26. The first kappa shape index (κ1) is 10.7. The van der Waals surface area contributed by atoms with Crippen LogP contribution < -0.4 is 0 Å². The quantitative estimate of drug-likeness (QED) is 0.615. The van der Waals surface area contributed by atoms with Crippen molar-refractivity contribution in [2.45, 2.75) is 0 Å². The van der Waals surface area contributed by atoms with E-state index in [-0.39, 0.29) is 6.61 Å². The van der Waals surface area contributed by atoms with Gasteiger partial charge in [0.1, 0.15) is 5.75 Å². The normalized spacial score (nSPS) is 26.0. The summed E-state index contributed by atoms with van der Waals surface area (Å²) in [6.07, 6.45) is 0. The molecule has 0 aromatic carbocycles. The molecule has 1 heterocycles. The van der Waals surface area contributed by atoms with Crippen LogP contribution >= 0.6 is 11.8 Å². The van der Waals surface area contributed by atoms with Crippen LogP contribution in [-0.2, 0) is 10.9 Å². The van der Waals surface area contributed by atoms with E-state index in [9.17, 15) is 0 Å². The Bertz CT molecular complexity index is 110. The van der Waals surface area contributed by atoms with Gasteiger partial charge in [-0.15, -0.1) is 0 Å². The van der Waals surface area contributed by atoms with E-state index in [2.05, 4.69) is 4.90 Å². The predicted molar refractivity (Wildman–Crippen MR) is 55.3 cm³/mol. The maximum absolute atomic E-state index is 8.76. The average Bonchev–Trinajstić information content (AvgIpc) is 2.06. The molecule has 1 fully saturated rings. The lowest BCUT2D eigenvalue weighted by Gasteiger charge is -2.24. The van der Waals surface area contributed by atoms with E-state index in [0.717, 1.165) is 24.1 Å². The highest BCUT2D eigenvalue weighted by molar-refractivity contribution is 8.15. The molecule has 0 radical (unpaired) electrons. The Hall–Kier alpha value is 0.580. The zero-order valence-corrected chi connectivity index (χ0v) is 8.74. The average molecular weight is 210 g/mol. The highest BCUT2D eigenvalue weighted by Crippen LogP contribution is 2.18. The smallest absolute Gasteiger partial charge is 0.163 e. The number of hydrogen-bond acceptors (Lipinski definition) is 4. The van der Waals surface area contributed by atoms with Crippen LogP contribution in [0.25, 0.3) is 0 Å². The van der Waals surface area contributed by atoms with Crippen molar-refractivity contribution >= 4 is 22.7 Å². The van der Waals surface area contributed by atoms with E-state index in [1.165, 1.54) is 5.08 Å². The van der Waals surface area contributed by atoms with E-state index >= 15 is 0 Å². The second-order valence-electron chi connectivity index (χ2n) is 2.74. The van der Waals surface area contributed by atoms with Crippen molar-refractivity contribution in [1.29, 1.82) is 0 Å². The van der Waals surface area contributed by atoms with Gasteiger partial charge in [0.05, 0.1) is 19.1 Å². The zero-order chi connectivity index (χ0) is 8.81. The van der Waals surface area contributed by atoms with Crippen LogP contribution in [0, 0.1) is 0 Å². The molecule has 0 aromatic heterocycles. The van der Waals surface area contributed by atoms with Crippen molar-refractivity contribution in [1.82, 2.24) is 4.90 Å². The molecule has 5 heteroatoms. The minimum Gasteiger partial charge on any atom is -0.395 e. The number of rotatable bonds is 4. The number of hydrogen-bond donors (Lipinski definition) is 2. The van der Waals surface area contributed by atoms with E-state index < -0.39 is 0 Å². The third-order valence-corrected chi connectivity index (χ3v) is 5.72. The van der Waals surface area contributed by atoms with Gasteiger partial charge in [-0.3, -0.25) is 0 Å². The van der Waals surface area contributed by atoms with Gasteiger partial charge in [-0.25, -0.2) is 4.90 Å². The molecule has 1 unspecified atom stereocenters. The molecule has 0 bridgehead atoms. The van der Waals surface area contributed by atoms with Gasteiger partial charge in [0.2, 0.25) is 0 Å². The van der Waals surface area contributed by atoms with Gasteiger partial charge in [-0.05, 0) is 0 Å². The van der Waals surface area contributed by atoms with E-state index in [1.54, 1.807) is 0 Å². The van der Waals surface area contributed by atoms with Crippen molar-refractivity contribution in [3.63, 3.8) is 0 Å². The SMILES string of the molecule is OCCN1CSC[S+](CCO)C1. The van der Waals surface area contributed by atoms with Crippen molar-refractivity contribution in [2.24, 2.45) is 0 Å². The summed E-state index contributed by atoms with van der Waals surface area (Å²) in [5.41, 5.74) is 0. The number of β-amino-alcohol motifs (C(OH)–C–C–N with tert-alkyl or cyclic N) is 1.